The number of carbonyl (C=O) groups is 1. The zero-order chi connectivity index (χ0) is 18.1. The fourth-order valence-electron chi connectivity index (χ4n) is 6.36. The largest absolute Gasteiger partial charge is 0.338 e. The fourth-order valence-corrected chi connectivity index (χ4v) is 6.36. The van der Waals surface area contributed by atoms with Crippen molar-refractivity contribution in [2.45, 2.75) is 70.6 Å². The molecule has 0 aromatic heterocycles. The number of rotatable bonds is 2. The van der Waals surface area contributed by atoms with Crippen molar-refractivity contribution in [2.75, 3.05) is 0 Å². The lowest BCUT2D eigenvalue weighted by molar-refractivity contribution is -0.254. The van der Waals surface area contributed by atoms with Gasteiger partial charge in [0.15, 0.2) is 12.0 Å². The monoisotopic (exact) mass is 355 g/mol. The van der Waals surface area contributed by atoms with Gasteiger partial charge in [0.05, 0.1) is 0 Å². The van der Waals surface area contributed by atoms with Crippen LogP contribution in [0.4, 0.5) is 0 Å². The van der Waals surface area contributed by atoms with Crippen LogP contribution >= 0.6 is 0 Å². The van der Waals surface area contributed by atoms with E-state index in [-0.39, 0.29) is 29.6 Å². The normalized spacial score (nSPS) is 47.0. The second kappa shape index (κ2) is 5.56. The van der Waals surface area contributed by atoms with Crippen molar-refractivity contribution in [3.63, 3.8) is 0 Å². The van der Waals surface area contributed by atoms with Crippen LogP contribution in [-0.2, 0) is 20.8 Å². The van der Waals surface area contributed by atoms with Crippen LogP contribution in [0, 0.1) is 23.7 Å². The zero-order valence-corrected chi connectivity index (χ0v) is 16.0. The van der Waals surface area contributed by atoms with E-state index in [0.717, 1.165) is 24.8 Å². The molecule has 1 aromatic rings. The predicted octanol–water partition coefficient (Wildman–Crippen LogP) is 3.95. The van der Waals surface area contributed by atoms with Gasteiger partial charge in [-0.05, 0) is 43.6 Å². The Labute approximate surface area is 155 Å². The number of piperidine rings is 1. The highest BCUT2D eigenvalue weighted by molar-refractivity contribution is 5.80. The molecule has 7 atom stereocenters. The van der Waals surface area contributed by atoms with E-state index in [1.54, 1.807) is 0 Å². The number of nitrogens with zero attached hydrogens (tertiary/aromatic N) is 1. The first-order valence-electron chi connectivity index (χ1n) is 10.2. The first-order valence-corrected chi connectivity index (χ1v) is 10.2. The molecule has 4 heteroatoms. The van der Waals surface area contributed by atoms with Gasteiger partial charge in [-0.1, -0.05) is 44.2 Å². The number of benzene rings is 1. The summed E-state index contributed by atoms with van der Waals surface area (Å²) in [5, 5.41) is 0. The van der Waals surface area contributed by atoms with Gasteiger partial charge >= 0.3 is 0 Å². The Bertz CT molecular complexity index is 721. The molecular weight excluding hydrogens is 326 g/mol. The summed E-state index contributed by atoms with van der Waals surface area (Å²) < 4.78 is 13.3. The Morgan fingerprint density at radius 3 is 2.65 bits per heavy atom. The van der Waals surface area contributed by atoms with Crippen molar-refractivity contribution < 1.29 is 14.3 Å². The summed E-state index contributed by atoms with van der Waals surface area (Å²) in [6, 6.07) is 10.3. The van der Waals surface area contributed by atoms with Gasteiger partial charge < -0.3 is 14.4 Å². The average Bonchev–Trinajstić information content (AvgIpc) is 2.86. The molecule has 26 heavy (non-hydrogen) atoms. The van der Waals surface area contributed by atoms with Gasteiger partial charge in [-0.3, -0.25) is 4.79 Å². The van der Waals surface area contributed by atoms with E-state index in [4.69, 9.17) is 9.47 Å². The highest BCUT2D eigenvalue weighted by Crippen LogP contribution is 2.63. The average molecular weight is 355 g/mol. The minimum Gasteiger partial charge on any atom is -0.338 e. The van der Waals surface area contributed by atoms with Gasteiger partial charge in [-0.25, -0.2) is 0 Å². The van der Waals surface area contributed by atoms with Crippen molar-refractivity contribution >= 4 is 5.91 Å². The third kappa shape index (κ3) is 2.12. The summed E-state index contributed by atoms with van der Waals surface area (Å²) in [4.78, 5) is 15.3. The highest BCUT2D eigenvalue weighted by Gasteiger charge is 2.72. The number of amides is 1. The summed E-state index contributed by atoms with van der Waals surface area (Å²) >= 11 is 0. The number of likely N-dealkylation sites (tertiary alicyclic amines) is 1. The Balaban J connectivity index is 1.59. The first-order chi connectivity index (χ1) is 12.4. The summed E-state index contributed by atoms with van der Waals surface area (Å²) in [5.41, 5.74) is 0.825. The second-order valence-electron chi connectivity index (χ2n) is 9.11. The van der Waals surface area contributed by atoms with Crippen molar-refractivity contribution in [1.82, 2.24) is 4.90 Å². The quantitative estimate of drug-likeness (QED) is 0.806. The first kappa shape index (κ1) is 16.8. The zero-order valence-electron chi connectivity index (χ0n) is 16.0. The van der Waals surface area contributed by atoms with Crippen molar-refractivity contribution in [1.29, 1.82) is 0 Å². The molecule has 3 saturated heterocycles. The van der Waals surface area contributed by atoms with E-state index in [0.29, 0.717) is 18.4 Å². The molecular formula is C22H29NO3. The van der Waals surface area contributed by atoms with Crippen LogP contribution in [0.1, 0.15) is 52.0 Å². The molecule has 5 unspecified atom stereocenters. The number of carbonyl (C=O) groups excluding carboxylic acids is 1. The molecule has 0 N–H and O–H groups in total. The third-order valence-corrected chi connectivity index (χ3v) is 7.58. The van der Waals surface area contributed by atoms with Crippen LogP contribution in [-0.4, -0.2) is 28.4 Å². The number of hydrogen-bond acceptors (Lipinski definition) is 3. The molecule has 140 valence electrons. The molecule has 4 aliphatic rings. The summed E-state index contributed by atoms with van der Waals surface area (Å²) in [6.07, 6.45) is 4.08. The van der Waals surface area contributed by atoms with E-state index in [9.17, 15) is 4.79 Å². The van der Waals surface area contributed by atoms with Crippen LogP contribution < -0.4 is 0 Å². The maximum Gasteiger partial charge on any atom is 0.228 e. The second-order valence-corrected chi connectivity index (χ2v) is 9.11. The SMILES string of the molecule is CC1CCC2[C@@H](C)C(=O)N(Cc3ccccc3)C3O[C@]4(C)CCC1C23O4. The molecule has 3 heterocycles. The Morgan fingerprint density at radius 2 is 1.88 bits per heavy atom. The topological polar surface area (TPSA) is 38.8 Å². The van der Waals surface area contributed by atoms with Gasteiger partial charge in [-0.15, -0.1) is 0 Å². The summed E-state index contributed by atoms with van der Waals surface area (Å²) in [5.74, 6) is 1.05. The standard InChI is InChI=1S/C22H29NO3/c1-14-9-10-18-15(2)19(24)23(13-16-7-5-4-6-8-16)20-22(18)17(14)11-12-21(3,25-20)26-22/h4-8,14-15,17-18,20H,9-13H2,1-3H3/t14?,15-,17?,18?,20?,21+,22?/m1/s1. The van der Waals surface area contributed by atoms with Gasteiger partial charge in [0.1, 0.15) is 5.60 Å². The lowest BCUT2D eigenvalue weighted by Gasteiger charge is -2.59. The Morgan fingerprint density at radius 1 is 1.12 bits per heavy atom. The van der Waals surface area contributed by atoms with E-state index in [1.165, 1.54) is 6.42 Å². The van der Waals surface area contributed by atoms with Crippen LogP contribution in [0.3, 0.4) is 0 Å². The van der Waals surface area contributed by atoms with E-state index >= 15 is 0 Å². The molecule has 1 aromatic carbocycles. The van der Waals surface area contributed by atoms with Crippen molar-refractivity contribution in [2.24, 2.45) is 23.7 Å². The van der Waals surface area contributed by atoms with E-state index in [2.05, 4.69) is 32.9 Å². The smallest absolute Gasteiger partial charge is 0.228 e. The van der Waals surface area contributed by atoms with Gasteiger partial charge in [0.25, 0.3) is 0 Å². The van der Waals surface area contributed by atoms with Crippen LogP contribution in [0.2, 0.25) is 0 Å². The molecule has 4 nitrogen and oxygen atoms in total. The van der Waals surface area contributed by atoms with Gasteiger partial charge in [-0.2, -0.15) is 0 Å². The number of hydrogen-bond donors (Lipinski definition) is 0. The number of ether oxygens (including phenoxy) is 2. The molecule has 1 spiro atoms. The van der Waals surface area contributed by atoms with Gasteiger partial charge in [0, 0.05) is 24.8 Å². The Hall–Kier alpha value is -1.39. The molecule has 1 aliphatic carbocycles. The highest BCUT2D eigenvalue weighted by atomic mass is 16.8. The van der Waals surface area contributed by atoms with Gasteiger partial charge in [0.2, 0.25) is 5.91 Å². The molecule has 5 rings (SSSR count). The Kier molecular flexibility index (Phi) is 3.58. The maximum absolute atomic E-state index is 13.3. The number of fused-ring (bicyclic) bond motifs is 1. The lowest BCUT2D eigenvalue weighted by atomic mass is 9.56. The molecule has 1 amide bonds. The van der Waals surface area contributed by atoms with Crippen molar-refractivity contribution in [3.05, 3.63) is 35.9 Å². The summed E-state index contributed by atoms with van der Waals surface area (Å²) in [7, 11) is 0. The van der Waals surface area contributed by atoms with E-state index in [1.807, 2.05) is 23.1 Å². The molecule has 0 radical (unpaired) electrons. The van der Waals surface area contributed by atoms with E-state index < -0.39 is 5.79 Å². The third-order valence-electron chi connectivity index (χ3n) is 7.58. The lowest BCUT2D eigenvalue weighted by Crippen LogP contribution is -2.70. The molecule has 1 saturated carbocycles. The van der Waals surface area contributed by atoms with Crippen molar-refractivity contribution in [3.8, 4) is 0 Å². The minimum atomic E-state index is -0.546. The molecule has 4 fully saturated rings. The van der Waals surface area contributed by atoms with Crippen LogP contribution in [0.5, 0.6) is 0 Å². The molecule has 3 aliphatic heterocycles. The maximum atomic E-state index is 13.3. The summed E-state index contributed by atoms with van der Waals surface area (Å²) in [6.45, 7) is 7.14. The van der Waals surface area contributed by atoms with Crippen LogP contribution in [0.15, 0.2) is 30.3 Å². The minimum absolute atomic E-state index is 0.00554. The van der Waals surface area contributed by atoms with Crippen LogP contribution in [0.25, 0.3) is 0 Å². The predicted molar refractivity (Wildman–Crippen MR) is 97.9 cm³/mol. The molecule has 2 bridgehead atoms. The fraction of sp³-hybridized carbons (Fsp3) is 0.682.